The molecular weight excluding hydrogens is 215 g/mol. The average Bonchev–Trinajstić information content (AvgIpc) is 2.69. The molecule has 2 aromatic rings. The van der Waals surface area contributed by atoms with E-state index in [9.17, 15) is 9.18 Å². The predicted molar refractivity (Wildman–Crippen MR) is 53.0 cm³/mol. The Balaban J connectivity index is 2.31. The van der Waals surface area contributed by atoms with E-state index in [1.807, 2.05) is 0 Å². The molecule has 0 bridgehead atoms. The van der Waals surface area contributed by atoms with Gasteiger partial charge in [-0.05, 0) is 12.1 Å². The zero-order valence-corrected chi connectivity index (χ0v) is 7.94. The first-order chi connectivity index (χ1) is 7.68. The van der Waals surface area contributed by atoms with Crippen LogP contribution in [0.3, 0.4) is 0 Å². The topological polar surface area (TPSA) is 90.9 Å². The molecule has 0 saturated carbocycles. The molecule has 0 aliphatic rings. The van der Waals surface area contributed by atoms with Crippen LogP contribution in [0.1, 0.15) is 10.5 Å². The number of nitrogens with one attached hydrogen (secondary N) is 2. The molecule has 2 rings (SSSR count). The van der Waals surface area contributed by atoms with E-state index >= 15 is 0 Å². The molecule has 0 fully saturated rings. The Morgan fingerprint density at radius 3 is 2.81 bits per heavy atom. The van der Waals surface area contributed by atoms with Gasteiger partial charge in [-0.3, -0.25) is 0 Å². The molecule has 0 unspecified atom stereocenters. The zero-order valence-electron chi connectivity index (χ0n) is 7.94. The van der Waals surface area contributed by atoms with Crippen LogP contribution in [0, 0.1) is 5.82 Å². The molecule has 0 saturated heterocycles. The summed E-state index contributed by atoms with van der Waals surface area (Å²) in [7, 11) is 0. The third-order valence-corrected chi connectivity index (χ3v) is 1.88. The molecule has 0 spiro atoms. The maximum Gasteiger partial charge on any atom is 0.360 e. The van der Waals surface area contributed by atoms with E-state index in [1.165, 1.54) is 18.2 Å². The molecule has 0 amide bonds. The van der Waals surface area contributed by atoms with Crippen molar-refractivity contribution in [2.75, 3.05) is 5.32 Å². The quantitative estimate of drug-likeness (QED) is 0.729. The summed E-state index contributed by atoms with van der Waals surface area (Å²) in [6, 6.07) is 5.87. The molecule has 0 atom stereocenters. The summed E-state index contributed by atoms with van der Waals surface area (Å²) in [6.45, 7) is 0. The molecular formula is C9H7FN4O2. The van der Waals surface area contributed by atoms with Gasteiger partial charge in [0.2, 0.25) is 5.69 Å². The summed E-state index contributed by atoms with van der Waals surface area (Å²) < 4.78 is 13.2. The number of aromatic carboxylic acids is 1. The number of para-hydroxylation sites is 1. The normalized spacial score (nSPS) is 10.1. The van der Waals surface area contributed by atoms with E-state index in [2.05, 4.69) is 20.7 Å². The molecule has 16 heavy (non-hydrogen) atoms. The van der Waals surface area contributed by atoms with Gasteiger partial charge in [-0.15, -0.1) is 10.2 Å². The van der Waals surface area contributed by atoms with Crippen LogP contribution in [-0.4, -0.2) is 26.5 Å². The Kier molecular flexibility index (Phi) is 2.50. The van der Waals surface area contributed by atoms with Crippen molar-refractivity contribution in [2.45, 2.75) is 0 Å². The van der Waals surface area contributed by atoms with Gasteiger partial charge in [-0.2, -0.15) is 5.21 Å². The molecule has 82 valence electrons. The number of hydrogen-bond acceptors (Lipinski definition) is 4. The van der Waals surface area contributed by atoms with Crippen molar-refractivity contribution in [1.82, 2.24) is 15.4 Å². The second-order valence-electron chi connectivity index (χ2n) is 2.93. The standard InChI is InChI=1S/C9H7FN4O2/c10-5-3-1-2-4-6(5)11-8-7(9(15)16)12-14-13-8/h1-4H,(H,15,16)(H2,11,12,13,14). The number of carboxylic acids is 1. The lowest BCUT2D eigenvalue weighted by molar-refractivity contribution is 0.0691. The van der Waals surface area contributed by atoms with E-state index in [0.717, 1.165) is 0 Å². The third kappa shape index (κ3) is 1.83. The van der Waals surface area contributed by atoms with Gasteiger partial charge < -0.3 is 10.4 Å². The van der Waals surface area contributed by atoms with Gasteiger partial charge in [0.25, 0.3) is 0 Å². The lowest BCUT2D eigenvalue weighted by atomic mass is 10.3. The molecule has 6 nitrogen and oxygen atoms in total. The first-order valence-corrected chi connectivity index (χ1v) is 4.34. The van der Waals surface area contributed by atoms with Crippen molar-refractivity contribution in [3.05, 3.63) is 35.8 Å². The minimum absolute atomic E-state index is 0.0300. The van der Waals surface area contributed by atoms with Crippen LogP contribution < -0.4 is 5.32 Å². The summed E-state index contributed by atoms with van der Waals surface area (Å²) >= 11 is 0. The van der Waals surface area contributed by atoms with E-state index in [0.29, 0.717) is 0 Å². The van der Waals surface area contributed by atoms with Crippen LogP contribution in [0.5, 0.6) is 0 Å². The summed E-state index contributed by atoms with van der Waals surface area (Å²) in [6.07, 6.45) is 0. The lowest BCUT2D eigenvalue weighted by Gasteiger charge is -2.03. The second-order valence-corrected chi connectivity index (χ2v) is 2.93. The maximum atomic E-state index is 13.2. The van der Waals surface area contributed by atoms with E-state index in [1.54, 1.807) is 6.07 Å². The molecule has 1 heterocycles. The molecule has 1 aromatic heterocycles. The number of carbonyl (C=O) groups is 1. The van der Waals surface area contributed by atoms with Crippen molar-refractivity contribution in [3.63, 3.8) is 0 Å². The van der Waals surface area contributed by atoms with E-state index in [-0.39, 0.29) is 17.2 Å². The van der Waals surface area contributed by atoms with Gasteiger partial charge in [0.1, 0.15) is 5.82 Å². The average molecular weight is 222 g/mol. The predicted octanol–water partition coefficient (Wildman–Crippen LogP) is 1.39. The highest BCUT2D eigenvalue weighted by Gasteiger charge is 2.15. The smallest absolute Gasteiger partial charge is 0.360 e. The number of nitrogens with zero attached hydrogens (tertiary/aromatic N) is 2. The van der Waals surface area contributed by atoms with Gasteiger partial charge in [-0.1, -0.05) is 12.1 Å². The first kappa shape index (κ1) is 10.1. The van der Waals surface area contributed by atoms with Gasteiger partial charge in [0.15, 0.2) is 5.82 Å². The highest BCUT2D eigenvalue weighted by Crippen LogP contribution is 2.19. The van der Waals surface area contributed by atoms with Crippen molar-refractivity contribution in [3.8, 4) is 0 Å². The van der Waals surface area contributed by atoms with Crippen LogP contribution in [0.25, 0.3) is 0 Å². The van der Waals surface area contributed by atoms with Crippen LogP contribution >= 0.6 is 0 Å². The van der Waals surface area contributed by atoms with Crippen LogP contribution in [0.2, 0.25) is 0 Å². The number of carboxylic acid groups (broad SMARTS) is 1. The molecule has 0 radical (unpaired) electrons. The van der Waals surface area contributed by atoms with Crippen LogP contribution in [0.15, 0.2) is 24.3 Å². The fourth-order valence-electron chi connectivity index (χ4n) is 1.16. The summed E-state index contributed by atoms with van der Waals surface area (Å²) in [5.74, 6) is -1.77. The summed E-state index contributed by atoms with van der Waals surface area (Å²) in [4.78, 5) is 10.7. The fourth-order valence-corrected chi connectivity index (χ4v) is 1.16. The second kappa shape index (κ2) is 3.97. The molecule has 3 N–H and O–H groups in total. The summed E-state index contributed by atoms with van der Waals surface area (Å²) in [5.41, 5.74) is -0.151. The van der Waals surface area contributed by atoms with Gasteiger partial charge in [-0.25, -0.2) is 9.18 Å². The third-order valence-electron chi connectivity index (χ3n) is 1.88. The number of anilines is 2. The number of rotatable bonds is 3. The number of benzene rings is 1. The molecule has 0 aliphatic heterocycles. The maximum absolute atomic E-state index is 13.2. The number of aromatic amines is 1. The van der Waals surface area contributed by atoms with Crippen molar-refractivity contribution in [1.29, 1.82) is 0 Å². The van der Waals surface area contributed by atoms with E-state index in [4.69, 9.17) is 5.11 Å². The first-order valence-electron chi connectivity index (χ1n) is 4.34. The number of H-pyrrole nitrogens is 1. The van der Waals surface area contributed by atoms with Crippen LogP contribution in [-0.2, 0) is 0 Å². The Morgan fingerprint density at radius 1 is 1.38 bits per heavy atom. The lowest BCUT2D eigenvalue weighted by Crippen LogP contribution is -2.03. The van der Waals surface area contributed by atoms with Crippen molar-refractivity contribution < 1.29 is 14.3 Å². The van der Waals surface area contributed by atoms with E-state index < -0.39 is 11.8 Å². The number of aromatic nitrogens is 3. The van der Waals surface area contributed by atoms with Gasteiger partial charge >= 0.3 is 5.97 Å². The SMILES string of the molecule is O=C(O)c1n[nH]nc1Nc1ccccc1F. The summed E-state index contributed by atoms with van der Waals surface area (Å²) in [5, 5.41) is 20.4. The monoisotopic (exact) mass is 222 g/mol. The Bertz CT molecular complexity index is 526. The Labute approximate surface area is 89.1 Å². The minimum Gasteiger partial charge on any atom is -0.476 e. The number of halogens is 1. The largest absolute Gasteiger partial charge is 0.476 e. The number of hydrogen-bond donors (Lipinski definition) is 3. The van der Waals surface area contributed by atoms with Crippen molar-refractivity contribution in [2.24, 2.45) is 0 Å². The van der Waals surface area contributed by atoms with Gasteiger partial charge in [0.05, 0.1) is 5.69 Å². The molecule has 0 aliphatic carbocycles. The molecule has 7 heteroatoms. The highest BCUT2D eigenvalue weighted by molar-refractivity contribution is 5.91. The zero-order chi connectivity index (χ0) is 11.5. The fraction of sp³-hybridized carbons (Fsp3) is 0. The Morgan fingerprint density at radius 2 is 2.12 bits per heavy atom. The van der Waals surface area contributed by atoms with Crippen molar-refractivity contribution >= 4 is 17.5 Å². The highest BCUT2D eigenvalue weighted by atomic mass is 19.1. The van der Waals surface area contributed by atoms with Crippen LogP contribution in [0.4, 0.5) is 15.9 Å². The minimum atomic E-state index is -1.24. The van der Waals surface area contributed by atoms with Gasteiger partial charge in [0, 0.05) is 0 Å². The Hall–Kier alpha value is -2.44. The molecule has 1 aromatic carbocycles.